The minimum absolute atomic E-state index is 0.105. The van der Waals surface area contributed by atoms with Gasteiger partial charge in [-0.15, -0.1) is 0 Å². The third-order valence-electron chi connectivity index (χ3n) is 2.99. The second-order valence-electron chi connectivity index (χ2n) is 5.04. The minimum Gasteiger partial charge on any atom is -0.376 e. The van der Waals surface area contributed by atoms with Gasteiger partial charge in [-0.1, -0.05) is 0 Å². The molecule has 1 amide bonds. The molecule has 1 aromatic rings. The summed E-state index contributed by atoms with van der Waals surface area (Å²) in [6.45, 7) is 5.40. The van der Waals surface area contributed by atoms with Crippen LogP contribution in [0.25, 0.3) is 0 Å². The molecule has 104 valence electrons. The molecule has 1 aromatic heterocycles. The third-order valence-corrected chi connectivity index (χ3v) is 2.99. The molecule has 2 heterocycles. The number of hydrogen-bond donors (Lipinski definition) is 2. The van der Waals surface area contributed by atoms with E-state index in [4.69, 9.17) is 4.74 Å². The van der Waals surface area contributed by atoms with Crippen molar-refractivity contribution in [3.05, 3.63) is 23.9 Å². The van der Waals surface area contributed by atoms with Crippen LogP contribution in [0.1, 0.15) is 37.0 Å². The van der Waals surface area contributed by atoms with E-state index in [2.05, 4.69) is 15.6 Å². The van der Waals surface area contributed by atoms with Gasteiger partial charge in [0.05, 0.1) is 11.7 Å². The molecule has 1 aliphatic rings. The third kappa shape index (κ3) is 3.92. The molecular weight excluding hydrogens is 242 g/mol. The molecule has 0 spiro atoms. The van der Waals surface area contributed by atoms with Gasteiger partial charge in [-0.25, -0.2) is 4.98 Å². The summed E-state index contributed by atoms with van der Waals surface area (Å²) in [6, 6.07) is 3.79. The topological polar surface area (TPSA) is 63.2 Å². The van der Waals surface area contributed by atoms with E-state index in [1.165, 1.54) is 0 Å². The lowest BCUT2D eigenvalue weighted by Gasteiger charge is -2.14. The van der Waals surface area contributed by atoms with Crippen LogP contribution >= 0.6 is 0 Å². The molecule has 1 aliphatic heterocycles. The van der Waals surface area contributed by atoms with E-state index >= 15 is 0 Å². The Balaban J connectivity index is 1.97. The highest BCUT2D eigenvalue weighted by Gasteiger charge is 2.18. The molecule has 0 aromatic carbocycles. The lowest BCUT2D eigenvalue weighted by atomic mass is 10.2. The molecule has 5 nitrogen and oxygen atoms in total. The number of hydrogen-bond acceptors (Lipinski definition) is 4. The van der Waals surface area contributed by atoms with Crippen LogP contribution in [0.2, 0.25) is 0 Å². The van der Waals surface area contributed by atoms with Crippen molar-refractivity contribution in [3.8, 4) is 0 Å². The van der Waals surface area contributed by atoms with Gasteiger partial charge in [0.15, 0.2) is 0 Å². The molecule has 1 saturated heterocycles. The maximum Gasteiger partial charge on any atom is 0.255 e. The number of nitrogens with zero attached hydrogens (tertiary/aromatic N) is 1. The Morgan fingerprint density at radius 1 is 1.58 bits per heavy atom. The van der Waals surface area contributed by atoms with Gasteiger partial charge in [0, 0.05) is 25.4 Å². The van der Waals surface area contributed by atoms with Gasteiger partial charge in [-0.2, -0.15) is 0 Å². The average Bonchev–Trinajstić information content (AvgIpc) is 2.89. The van der Waals surface area contributed by atoms with Gasteiger partial charge in [0.1, 0.15) is 5.82 Å². The van der Waals surface area contributed by atoms with Gasteiger partial charge in [-0.3, -0.25) is 4.79 Å². The molecule has 19 heavy (non-hydrogen) atoms. The lowest BCUT2D eigenvalue weighted by molar-refractivity contribution is 0.0858. The Labute approximate surface area is 113 Å². The van der Waals surface area contributed by atoms with E-state index in [0.29, 0.717) is 17.9 Å². The van der Waals surface area contributed by atoms with Crippen LogP contribution in [0, 0.1) is 0 Å². The quantitative estimate of drug-likeness (QED) is 0.850. The van der Waals surface area contributed by atoms with Gasteiger partial charge in [-0.05, 0) is 38.8 Å². The monoisotopic (exact) mass is 263 g/mol. The second-order valence-corrected chi connectivity index (χ2v) is 5.04. The molecule has 0 bridgehead atoms. The summed E-state index contributed by atoms with van der Waals surface area (Å²) >= 11 is 0. The predicted octanol–water partition coefficient (Wildman–Crippen LogP) is 1.81. The number of rotatable bonds is 5. The summed E-state index contributed by atoms with van der Waals surface area (Å²) in [4.78, 5) is 16.4. The van der Waals surface area contributed by atoms with Crippen LogP contribution in [0.3, 0.4) is 0 Å². The Morgan fingerprint density at radius 3 is 3.11 bits per heavy atom. The van der Waals surface area contributed by atoms with Crippen LogP contribution < -0.4 is 10.6 Å². The lowest BCUT2D eigenvalue weighted by Crippen LogP contribution is -2.32. The fourth-order valence-corrected chi connectivity index (χ4v) is 2.08. The first kappa shape index (κ1) is 13.8. The number of pyridine rings is 1. The van der Waals surface area contributed by atoms with Crippen LogP contribution in [-0.2, 0) is 4.74 Å². The largest absolute Gasteiger partial charge is 0.376 e. The average molecular weight is 263 g/mol. The van der Waals surface area contributed by atoms with Crippen LogP contribution in [0.15, 0.2) is 18.3 Å². The Hall–Kier alpha value is -1.62. The van der Waals surface area contributed by atoms with Crippen molar-refractivity contribution >= 4 is 11.7 Å². The van der Waals surface area contributed by atoms with Gasteiger partial charge in [0.25, 0.3) is 5.91 Å². The van der Waals surface area contributed by atoms with Crippen LogP contribution in [0.4, 0.5) is 5.82 Å². The van der Waals surface area contributed by atoms with Gasteiger partial charge >= 0.3 is 0 Å². The fraction of sp³-hybridized carbons (Fsp3) is 0.571. The van der Waals surface area contributed by atoms with Gasteiger partial charge < -0.3 is 15.4 Å². The highest BCUT2D eigenvalue weighted by Crippen LogP contribution is 2.14. The van der Waals surface area contributed by atoms with Crippen LogP contribution in [-0.4, -0.2) is 36.2 Å². The Bertz CT molecular complexity index is 428. The number of carbonyl (C=O) groups is 1. The Morgan fingerprint density at radius 2 is 2.42 bits per heavy atom. The van der Waals surface area contributed by atoms with Crippen molar-refractivity contribution in [3.63, 3.8) is 0 Å². The standard InChI is InChI=1S/C14H21N3O2/c1-10(2)17-13-12(6-3-7-15-13)14(18)16-9-11-5-4-8-19-11/h3,6-7,10-11H,4-5,8-9H2,1-2H3,(H,15,17)(H,16,18). The van der Waals surface area contributed by atoms with Gasteiger partial charge in [0.2, 0.25) is 0 Å². The molecule has 0 aliphatic carbocycles. The zero-order valence-corrected chi connectivity index (χ0v) is 11.5. The van der Waals surface area contributed by atoms with Crippen molar-refractivity contribution in [1.29, 1.82) is 0 Å². The van der Waals surface area contributed by atoms with Crippen molar-refractivity contribution < 1.29 is 9.53 Å². The van der Waals surface area contributed by atoms with E-state index < -0.39 is 0 Å². The Kier molecular flexibility index (Phi) is 4.74. The summed E-state index contributed by atoms with van der Waals surface area (Å²) in [7, 11) is 0. The van der Waals surface area contributed by atoms with E-state index in [1.807, 2.05) is 13.8 Å². The number of ether oxygens (including phenoxy) is 1. The smallest absolute Gasteiger partial charge is 0.255 e. The number of carbonyl (C=O) groups excluding carboxylic acids is 1. The highest BCUT2D eigenvalue weighted by atomic mass is 16.5. The minimum atomic E-state index is -0.105. The molecule has 5 heteroatoms. The highest BCUT2D eigenvalue weighted by molar-refractivity contribution is 5.98. The summed E-state index contributed by atoms with van der Waals surface area (Å²) in [5.74, 6) is 0.522. The summed E-state index contributed by atoms with van der Waals surface area (Å²) in [5.41, 5.74) is 0.578. The molecule has 2 N–H and O–H groups in total. The normalized spacial score (nSPS) is 18.6. The molecule has 2 rings (SSSR count). The number of nitrogens with one attached hydrogen (secondary N) is 2. The maximum absolute atomic E-state index is 12.2. The first-order chi connectivity index (χ1) is 9.16. The van der Waals surface area contributed by atoms with E-state index in [1.54, 1.807) is 18.3 Å². The van der Waals surface area contributed by atoms with E-state index in [9.17, 15) is 4.79 Å². The number of anilines is 1. The fourth-order valence-electron chi connectivity index (χ4n) is 2.08. The first-order valence-electron chi connectivity index (χ1n) is 6.78. The molecule has 1 unspecified atom stereocenters. The first-order valence-corrected chi connectivity index (χ1v) is 6.78. The van der Waals surface area contributed by atoms with E-state index in [-0.39, 0.29) is 18.1 Å². The zero-order chi connectivity index (χ0) is 13.7. The second kappa shape index (κ2) is 6.52. The molecule has 1 atom stereocenters. The van der Waals surface area contributed by atoms with Crippen molar-refractivity contribution in [2.45, 2.75) is 38.8 Å². The maximum atomic E-state index is 12.2. The summed E-state index contributed by atoms with van der Waals surface area (Å²) in [5, 5.41) is 6.09. The summed E-state index contributed by atoms with van der Waals surface area (Å²) < 4.78 is 5.49. The molecule has 0 radical (unpaired) electrons. The van der Waals surface area contributed by atoms with Crippen molar-refractivity contribution in [1.82, 2.24) is 10.3 Å². The molecule has 1 fully saturated rings. The zero-order valence-electron chi connectivity index (χ0n) is 11.5. The molecular formula is C14H21N3O2. The van der Waals surface area contributed by atoms with Crippen molar-refractivity contribution in [2.75, 3.05) is 18.5 Å². The SMILES string of the molecule is CC(C)Nc1ncccc1C(=O)NCC1CCCO1. The van der Waals surface area contributed by atoms with E-state index in [0.717, 1.165) is 19.4 Å². The van der Waals surface area contributed by atoms with Crippen LogP contribution in [0.5, 0.6) is 0 Å². The van der Waals surface area contributed by atoms with Crippen molar-refractivity contribution in [2.24, 2.45) is 0 Å². The molecule has 0 saturated carbocycles. The predicted molar refractivity (Wildman–Crippen MR) is 74.3 cm³/mol. The number of amides is 1. The summed E-state index contributed by atoms with van der Waals surface area (Å²) in [6.07, 6.45) is 3.93. The number of aromatic nitrogens is 1.